The van der Waals surface area contributed by atoms with Crippen molar-refractivity contribution in [2.45, 2.75) is 34.2 Å². The van der Waals surface area contributed by atoms with Gasteiger partial charge < -0.3 is 8.98 Å². The molecule has 0 spiro atoms. The van der Waals surface area contributed by atoms with Crippen LogP contribution in [0.3, 0.4) is 0 Å². The van der Waals surface area contributed by atoms with E-state index in [0.717, 1.165) is 28.5 Å². The molecule has 0 aliphatic carbocycles. The van der Waals surface area contributed by atoms with E-state index in [9.17, 15) is 0 Å². The molecule has 0 atom stereocenters. The largest absolute Gasteiger partial charge is 0.463 e. The zero-order valence-electron chi connectivity index (χ0n) is 14.0. The maximum Gasteiger partial charge on any atom is 0.190 e. The maximum absolute atomic E-state index is 5.59. The molecule has 0 saturated carbocycles. The predicted octanol–water partition coefficient (Wildman–Crippen LogP) is 5.31. The van der Waals surface area contributed by atoms with Gasteiger partial charge in [0.15, 0.2) is 10.6 Å². The Kier molecular flexibility index (Phi) is 4.53. The normalized spacial score (nSPS) is 12.3. The first-order chi connectivity index (χ1) is 11.1. The van der Waals surface area contributed by atoms with Crippen molar-refractivity contribution in [1.82, 2.24) is 4.57 Å². The Balaban J connectivity index is 2.16. The Morgan fingerprint density at radius 1 is 1.17 bits per heavy atom. The minimum absolute atomic E-state index is 0.538. The topological polar surface area (TPSA) is 30.4 Å². The molecule has 2 heterocycles. The van der Waals surface area contributed by atoms with E-state index in [1.54, 1.807) is 17.6 Å². The minimum atomic E-state index is 0.538. The van der Waals surface area contributed by atoms with E-state index in [2.05, 4.69) is 55.8 Å². The van der Waals surface area contributed by atoms with Crippen molar-refractivity contribution >= 4 is 17.0 Å². The summed E-state index contributed by atoms with van der Waals surface area (Å²) in [6.45, 7) is 9.61. The van der Waals surface area contributed by atoms with Crippen molar-refractivity contribution in [3.05, 3.63) is 57.9 Å². The zero-order valence-corrected chi connectivity index (χ0v) is 14.9. The second-order valence-electron chi connectivity index (χ2n) is 6.22. The van der Waals surface area contributed by atoms with E-state index in [0.29, 0.717) is 5.92 Å². The Bertz CT molecular complexity index is 854. The van der Waals surface area contributed by atoms with Crippen LogP contribution in [0.15, 0.2) is 51.4 Å². The second-order valence-corrected chi connectivity index (χ2v) is 7.05. The summed E-state index contributed by atoms with van der Waals surface area (Å²) in [5.74, 6) is 1.43. The molecule has 0 aliphatic rings. The summed E-state index contributed by atoms with van der Waals surface area (Å²) in [5, 5.41) is 2.13. The summed E-state index contributed by atoms with van der Waals surface area (Å²) < 4.78 is 7.85. The fourth-order valence-electron chi connectivity index (χ4n) is 2.54. The molecule has 3 nitrogen and oxygen atoms in total. The van der Waals surface area contributed by atoms with Crippen molar-refractivity contribution in [3.63, 3.8) is 0 Å². The van der Waals surface area contributed by atoms with E-state index in [4.69, 9.17) is 9.41 Å². The van der Waals surface area contributed by atoms with Crippen LogP contribution >= 0.6 is 11.3 Å². The molecule has 0 aliphatic heterocycles. The van der Waals surface area contributed by atoms with Gasteiger partial charge in [-0.1, -0.05) is 26.0 Å². The fraction of sp³-hybridized carbons (Fsp3) is 0.316. The fourth-order valence-corrected chi connectivity index (χ4v) is 3.45. The third-order valence-corrected chi connectivity index (χ3v) is 4.77. The highest BCUT2D eigenvalue weighted by atomic mass is 32.1. The SMILES string of the molecule is Cc1cccc(N=c2scc(-c3ccco3)n2CC(C)C)c1C. The number of rotatable bonds is 4. The third-order valence-electron chi connectivity index (χ3n) is 3.91. The standard InChI is InChI=1S/C19H22N2OS/c1-13(2)11-21-17(18-9-6-10-22-18)12-23-19(21)20-16-8-5-7-14(3)15(16)4/h5-10,12-13H,11H2,1-4H3. The quantitative estimate of drug-likeness (QED) is 0.638. The van der Waals surface area contributed by atoms with E-state index >= 15 is 0 Å². The Labute approximate surface area is 140 Å². The molecule has 0 saturated heterocycles. The Morgan fingerprint density at radius 2 is 2.00 bits per heavy atom. The minimum Gasteiger partial charge on any atom is -0.463 e. The predicted molar refractivity (Wildman–Crippen MR) is 96.0 cm³/mol. The van der Waals surface area contributed by atoms with Crippen molar-refractivity contribution in [2.75, 3.05) is 0 Å². The number of nitrogens with zero attached hydrogens (tertiary/aromatic N) is 2. The van der Waals surface area contributed by atoms with Gasteiger partial charge in [-0.15, -0.1) is 11.3 Å². The van der Waals surface area contributed by atoms with Crippen LogP contribution in [0.25, 0.3) is 11.5 Å². The number of furan rings is 1. The molecule has 0 radical (unpaired) electrons. The third kappa shape index (κ3) is 3.32. The van der Waals surface area contributed by atoms with E-state index in [1.807, 2.05) is 12.1 Å². The lowest BCUT2D eigenvalue weighted by Crippen LogP contribution is -2.18. The van der Waals surface area contributed by atoms with Gasteiger partial charge in [-0.2, -0.15) is 0 Å². The van der Waals surface area contributed by atoms with Crippen LogP contribution in [0, 0.1) is 19.8 Å². The Hall–Kier alpha value is -2.07. The van der Waals surface area contributed by atoms with E-state index in [1.165, 1.54) is 11.1 Å². The number of thiazole rings is 1. The first-order valence-corrected chi connectivity index (χ1v) is 8.77. The number of aryl methyl sites for hydroxylation is 1. The van der Waals surface area contributed by atoms with Crippen LogP contribution in [-0.2, 0) is 6.54 Å². The summed E-state index contributed by atoms with van der Waals surface area (Å²) in [4.78, 5) is 5.94. The van der Waals surface area contributed by atoms with Crippen molar-refractivity contribution in [3.8, 4) is 11.5 Å². The molecule has 0 unspecified atom stereocenters. The lowest BCUT2D eigenvalue weighted by Gasteiger charge is -2.10. The van der Waals surface area contributed by atoms with Gasteiger partial charge >= 0.3 is 0 Å². The lowest BCUT2D eigenvalue weighted by atomic mass is 10.1. The summed E-state index contributed by atoms with van der Waals surface area (Å²) in [7, 11) is 0. The average Bonchev–Trinajstić information content (AvgIpc) is 3.14. The molecule has 23 heavy (non-hydrogen) atoms. The van der Waals surface area contributed by atoms with Crippen molar-refractivity contribution in [2.24, 2.45) is 10.9 Å². The first-order valence-electron chi connectivity index (χ1n) is 7.89. The van der Waals surface area contributed by atoms with Gasteiger partial charge in [-0.25, -0.2) is 4.99 Å². The van der Waals surface area contributed by atoms with Gasteiger partial charge in [0.1, 0.15) is 0 Å². The molecule has 3 rings (SSSR count). The molecule has 3 aromatic rings. The molecule has 0 amide bonds. The van der Waals surface area contributed by atoms with Crippen LogP contribution in [0.2, 0.25) is 0 Å². The highest BCUT2D eigenvalue weighted by Gasteiger charge is 2.12. The van der Waals surface area contributed by atoms with Crippen LogP contribution in [0.4, 0.5) is 5.69 Å². The molecular weight excluding hydrogens is 304 g/mol. The van der Waals surface area contributed by atoms with Crippen LogP contribution < -0.4 is 4.80 Å². The van der Waals surface area contributed by atoms with Gasteiger partial charge in [0, 0.05) is 11.9 Å². The molecule has 0 N–H and O–H groups in total. The zero-order chi connectivity index (χ0) is 16.4. The van der Waals surface area contributed by atoms with Crippen molar-refractivity contribution < 1.29 is 4.42 Å². The average molecular weight is 326 g/mol. The van der Waals surface area contributed by atoms with E-state index < -0.39 is 0 Å². The molecule has 4 heteroatoms. The summed E-state index contributed by atoms with van der Waals surface area (Å²) >= 11 is 1.66. The summed E-state index contributed by atoms with van der Waals surface area (Å²) in [6, 6.07) is 10.2. The molecule has 0 bridgehead atoms. The summed E-state index contributed by atoms with van der Waals surface area (Å²) in [5.41, 5.74) is 4.63. The number of benzene rings is 1. The molecule has 120 valence electrons. The van der Waals surface area contributed by atoms with Crippen LogP contribution in [-0.4, -0.2) is 4.57 Å². The number of hydrogen-bond donors (Lipinski definition) is 0. The first kappa shape index (κ1) is 15.8. The van der Waals surface area contributed by atoms with Gasteiger partial charge in [0.2, 0.25) is 0 Å². The molecular formula is C19H22N2OS. The van der Waals surface area contributed by atoms with Crippen LogP contribution in [0.5, 0.6) is 0 Å². The van der Waals surface area contributed by atoms with Gasteiger partial charge in [0.25, 0.3) is 0 Å². The highest BCUT2D eigenvalue weighted by molar-refractivity contribution is 7.07. The lowest BCUT2D eigenvalue weighted by molar-refractivity contribution is 0.507. The Morgan fingerprint density at radius 3 is 2.70 bits per heavy atom. The smallest absolute Gasteiger partial charge is 0.190 e. The van der Waals surface area contributed by atoms with Gasteiger partial charge in [0.05, 0.1) is 17.6 Å². The maximum atomic E-state index is 5.59. The summed E-state index contributed by atoms with van der Waals surface area (Å²) in [6.07, 6.45) is 1.72. The molecule has 0 fully saturated rings. The monoisotopic (exact) mass is 326 g/mol. The van der Waals surface area contributed by atoms with Crippen molar-refractivity contribution in [1.29, 1.82) is 0 Å². The second kappa shape index (κ2) is 6.59. The molecule has 1 aromatic carbocycles. The molecule has 2 aromatic heterocycles. The van der Waals surface area contributed by atoms with E-state index in [-0.39, 0.29) is 0 Å². The number of aromatic nitrogens is 1. The van der Waals surface area contributed by atoms with Crippen LogP contribution in [0.1, 0.15) is 25.0 Å². The highest BCUT2D eigenvalue weighted by Crippen LogP contribution is 2.24. The van der Waals surface area contributed by atoms with Gasteiger partial charge in [-0.3, -0.25) is 0 Å². The number of hydrogen-bond acceptors (Lipinski definition) is 3. The van der Waals surface area contributed by atoms with Gasteiger partial charge in [-0.05, 0) is 49.1 Å².